The third-order valence-electron chi connectivity index (χ3n) is 3.82. The van der Waals surface area contributed by atoms with E-state index < -0.39 is 15.9 Å². The van der Waals surface area contributed by atoms with Crippen LogP contribution in [0.2, 0.25) is 19.6 Å². The smallest absolute Gasteiger partial charge is 0.391 e. The minimum absolute atomic E-state index is 0.431. The van der Waals surface area contributed by atoms with E-state index >= 15 is 0 Å². The highest BCUT2D eigenvalue weighted by Crippen LogP contribution is 2.51. The van der Waals surface area contributed by atoms with Crippen LogP contribution in [0.1, 0.15) is 13.8 Å². The summed E-state index contributed by atoms with van der Waals surface area (Å²) in [6, 6.07) is 17.8. The molecule has 2 rings (SSSR count). The van der Waals surface area contributed by atoms with Crippen LogP contribution in [-0.4, -0.2) is 8.07 Å². The largest absolute Gasteiger partial charge is 0.646 e. The first-order valence-corrected chi connectivity index (χ1v) is 13.1. The van der Waals surface area contributed by atoms with Gasteiger partial charge in [0, 0.05) is 0 Å². The summed E-state index contributed by atoms with van der Waals surface area (Å²) in [5.41, 5.74) is 0. The molecule has 0 radical (unpaired) electrons. The molecule has 0 bridgehead atoms. The zero-order valence-electron chi connectivity index (χ0n) is 15.4. The summed E-state index contributed by atoms with van der Waals surface area (Å²) >= 11 is 0. The van der Waals surface area contributed by atoms with Gasteiger partial charge in [-0.3, -0.25) is 0 Å². The molecular formula is C19H25O4PSi. The lowest BCUT2D eigenvalue weighted by atomic mass is 10.3. The Morgan fingerprint density at radius 1 is 0.800 bits per heavy atom. The maximum absolute atomic E-state index is 13.3. The number of phosphoric ester groups is 1. The maximum Gasteiger partial charge on any atom is 0.646 e. The highest BCUT2D eigenvalue weighted by molar-refractivity contribution is 7.49. The summed E-state index contributed by atoms with van der Waals surface area (Å²) in [5.74, 6) is 1.45. The van der Waals surface area contributed by atoms with Crippen molar-refractivity contribution >= 4 is 15.9 Å². The Balaban J connectivity index is 2.33. The van der Waals surface area contributed by atoms with Gasteiger partial charge in [-0.25, -0.2) is 0 Å². The average molecular weight is 376 g/mol. The second-order valence-corrected chi connectivity index (χ2v) is 13.5. The molecule has 134 valence electrons. The third-order valence-corrected chi connectivity index (χ3v) is 7.79. The highest BCUT2D eigenvalue weighted by atomic mass is 31.2. The molecule has 0 unspecified atom stereocenters. The number of rotatable bonds is 7. The first kappa shape index (κ1) is 19.4. The topological polar surface area (TPSA) is 44.8 Å². The second kappa shape index (κ2) is 7.94. The van der Waals surface area contributed by atoms with E-state index in [1.54, 1.807) is 48.5 Å². The summed E-state index contributed by atoms with van der Waals surface area (Å²) in [6.45, 7) is 10.4. The van der Waals surface area contributed by atoms with E-state index in [1.807, 2.05) is 26.0 Å². The van der Waals surface area contributed by atoms with Crippen LogP contribution >= 0.6 is 7.82 Å². The van der Waals surface area contributed by atoms with Crippen molar-refractivity contribution in [3.05, 3.63) is 71.6 Å². The molecule has 0 atom stereocenters. The summed E-state index contributed by atoms with van der Waals surface area (Å²) < 4.78 is 30.3. The monoisotopic (exact) mass is 376 g/mol. The van der Waals surface area contributed by atoms with E-state index in [2.05, 4.69) is 19.6 Å². The van der Waals surface area contributed by atoms with Crippen LogP contribution in [0.25, 0.3) is 0 Å². The minimum atomic E-state index is -3.88. The molecule has 0 amide bonds. The lowest BCUT2D eigenvalue weighted by molar-refractivity contribution is 0.256. The Bertz CT molecular complexity index is 722. The molecule has 6 heteroatoms. The number of hydrogen-bond donors (Lipinski definition) is 0. The predicted octanol–water partition coefficient (Wildman–Crippen LogP) is 6.44. The molecule has 0 aliphatic heterocycles. The van der Waals surface area contributed by atoms with Gasteiger partial charge >= 0.3 is 7.82 Å². The molecule has 0 N–H and O–H groups in total. The van der Waals surface area contributed by atoms with Crippen LogP contribution in [0.5, 0.6) is 11.5 Å². The molecule has 0 aromatic heterocycles. The van der Waals surface area contributed by atoms with Crippen molar-refractivity contribution in [2.24, 2.45) is 0 Å². The average Bonchev–Trinajstić information content (AvgIpc) is 2.54. The van der Waals surface area contributed by atoms with Crippen molar-refractivity contribution in [3.8, 4) is 11.5 Å². The second-order valence-electron chi connectivity index (χ2n) is 6.78. The van der Waals surface area contributed by atoms with E-state index in [9.17, 15) is 4.57 Å². The van der Waals surface area contributed by atoms with Gasteiger partial charge in [-0.15, -0.1) is 0 Å². The lowest BCUT2D eigenvalue weighted by Crippen LogP contribution is -2.24. The minimum Gasteiger partial charge on any atom is -0.391 e. The molecule has 0 saturated heterocycles. The van der Waals surface area contributed by atoms with Gasteiger partial charge in [-0.05, 0) is 43.3 Å². The lowest BCUT2D eigenvalue weighted by Gasteiger charge is -2.24. The molecule has 25 heavy (non-hydrogen) atoms. The van der Waals surface area contributed by atoms with E-state index in [1.165, 1.54) is 0 Å². The first-order chi connectivity index (χ1) is 11.7. The van der Waals surface area contributed by atoms with Crippen molar-refractivity contribution in [2.45, 2.75) is 33.5 Å². The van der Waals surface area contributed by atoms with Gasteiger partial charge in [0.15, 0.2) is 0 Å². The van der Waals surface area contributed by atoms with Crippen molar-refractivity contribution in [1.82, 2.24) is 0 Å². The quantitative estimate of drug-likeness (QED) is 0.317. The van der Waals surface area contributed by atoms with Gasteiger partial charge in [-0.2, -0.15) is 4.57 Å². The molecule has 0 aliphatic carbocycles. The van der Waals surface area contributed by atoms with Crippen molar-refractivity contribution in [2.75, 3.05) is 0 Å². The number of benzene rings is 2. The number of para-hydroxylation sites is 2. The van der Waals surface area contributed by atoms with E-state index in [0.717, 1.165) is 5.20 Å². The first-order valence-electron chi connectivity index (χ1n) is 8.16. The highest BCUT2D eigenvalue weighted by Gasteiger charge is 2.34. The van der Waals surface area contributed by atoms with Crippen molar-refractivity contribution < 1.29 is 18.1 Å². The molecule has 2 aromatic carbocycles. The van der Waals surface area contributed by atoms with Gasteiger partial charge in [-0.1, -0.05) is 56.0 Å². The van der Waals surface area contributed by atoms with Crippen LogP contribution in [0.4, 0.5) is 0 Å². The molecule has 0 fully saturated rings. The number of allylic oxidation sites excluding steroid dienone is 2. The van der Waals surface area contributed by atoms with Crippen molar-refractivity contribution in [3.63, 3.8) is 0 Å². The molecular weight excluding hydrogens is 351 g/mol. The summed E-state index contributed by atoms with van der Waals surface area (Å²) in [5, 5.41) is 1.11. The Kier molecular flexibility index (Phi) is 6.14. The molecule has 0 aliphatic rings. The summed E-state index contributed by atoms with van der Waals surface area (Å²) in [7, 11) is -5.46. The SMILES string of the molecule is C/C(OP(=O)(Oc1ccccc1)Oc1ccccc1)=C(\C)[Si](C)(C)C. The van der Waals surface area contributed by atoms with Gasteiger partial charge in [0.25, 0.3) is 0 Å². The molecule has 0 spiro atoms. The fourth-order valence-electron chi connectivity index (χ4n) is 2.04. The van der Waals surface area contributed by atoms with Gasteiger partial charge in [0.2, 0.25) is 0 Å². The van der Waals surface area contributed by atoms with Crippen LogP contribution in [0, 0.1) is 0 Å². The van der Waals surface area contributed by atoms with E-state index in [-0.39, 0.29) is 0 Å². The van der Waals surface area contributed by atoms with Crippen LogP contribution in [0.3, 0.4) is 0 Å². The standard InChI is InChI=1S/C19H25O4PSi/c1-16(17(2)25(3,4)5)21-24(20,22-18-12-8-6-9-13-18)23-19-14-10-7-11-15-19/h6-15H,1-5H3/b17-16-. The zero-order valence-corrected chi connectivity index (χ0v) is 17.2. The molecule has 0 heterocycles. The predicted molar refractivity (Wildman–Crippen MR) is 105 cm³/mol. The number of hydrogen-bond acceptors (Lipinski definition) is 4. The fourth-order valence-corrected chi connectivity index (χ4v) is 4.58. The maximum atomic E-state index is 13.3. The Labute approximate surface area is 151 Å². The molecule has 2 aromatic rings. The van der Waals surface area contributed by atoms with Gasteiger partial charge < -0.3 is 13.6 Å². The Morgan fingerprint density at radius 3 is 1.56 bits per heavy atom. The molecule has 0 saturated carbocycles. The Hall–Kier alpha value is -1.97. The molecule has 4 nitrogen and oxygen atoms in total. The van der Waals surface area contributed by atoms with Crippen LogP contribution < -0.4 is 9.05 Å². The summed E-state index contributed by atoms with van der Waals surface area (Å²) in [4.78, 5) is 0. The fraction of sp³-hybridized carbons (Fsp3) is 0.263. The number of phosphoric acid groups is 1. The third kappa shape index (κ3) is 5.80. The van der Waals surface area contributed by atoms with Crippen LogP contribution in [0.15, 0.2) is 71.6 Å². The van der Waals surface area contributed by atoms with E-state index in [0.29, 0.717) is 17.3 Å². The zero-order chi connectivity index (χ0) is 18.5. The van der Waals surface area contributed by atoms with Gasteiger partial charge in [0.05, 0.1) is 8.07 Å². The van der Waals surface area contributed by atoms with Crippen LogP contribution in [-0.2, 0) is 9.09 Å². The van der Waals surface area contributed by atoms with Gasteiger partial charge in [0.1, 0.15) is 17.3 Å². The summed E-state index contributed by atoms with van der Waals surface area (Å²) in [6.07, 6.45) is 0. The van der Waals surface area contributed by atoms with E-state index in [4.69, 9.17) is 13.6 Å². The normalized spacial score (nSPS) is 13.0. The van der Waals surface area contributed by atoms with Crippen molar-refractivity contribution in [1.29, 1.82) is 0 Å². The Morgan fingerprint density at radius 2 is 1.20 bits per heavy atom.